The maximum absolute atomic E-state index is 12.6. The van der Waals surface area contributed by atoms with Crippen molar-refractivity contribution in [3.05, 3.63) is 23.3 Å². The molecule has 4 atom stereocenters. The minimum atomic E-state index is -1.02. The van der Waals surface area contributed by atoms with Gasteiger partial charge in [0.05, 0.1) is 24.4 Å². The van der Waals surface area contributed by atoms with Gasteiger partial charge in [-0.2, -0.15) is 0 Å². The van der Waals surface area contributed by atoms with Crippen LogP contribution in [-0.4, -0.2) is 39.9 Å². The second kappa shape index (κ2) is 4.70. The van der Waals surface area contributed by atoms with E-state index in [4.69, 9.17) is 4.74 Å². The summed E-state index contributed by atoms with van der Waals surface area (Å²) in [5.41, 5.74) is -0.972. The number of Topliss-reactive ketones (excluding diaryl/α,β-unsaturated/α-hetero) is 1. The summed E-state index contributed by atoms with van der Waals surface area (Å²) in [5, 5.41) is 31.7. The molecule has 0 saturated heterocycles. The molecule has 0 aliphatic heterocycles. The Balaban J connectivity index is 2.26. The van der Waals surface area contributed by atoms with Crippen LogP contribution in [0.2, 0.25) is 0 Å². The van der Waals surface area contributed by atoms with Crippen LogP contribution in [0.1, 0.15) is 49.0 Å². The second-order valence-corrected chi connectivity index (χ2v) is 6.91. The Labute approximate surface area is 129 Å². The molecule has 0 unspecified atom stereocenters. The smallest absolute Gasteiger partial charge is 0.168 e. The van der Waals surface area contributed by atoms with Crippen LogP contribution in [0.15, 0.2) is 12.1 Å². The number of hydrogen-bond acceptors (Lipinski definition) is 5. The Bertz CT molecular complexity index is 636. The van der Waals surface area contributed by atoms with Gasteiger partial charge in [-0.25, -0.2) is 0 Å². The minimum absolute atomic E-state index is 0.105. The molecule has 2 aliphatic rings. The molecule has 5 heteroatoms. The van der Waals surface area contributed by atoms with E-state index in [1.54, 1.807) is 19.1 Å². The first kappa shape index (κ1) is 15.3. The summed E-state index contributed by atoms with van der Waals surface area (Å²) in [4.78, 5) is 12.6. The number of methoxy groups -OCH3 is 1. The summed E-state index contributed by atoms with van der Waals surface area (Å²) in [7, 11) is 1.43. The first-order chi connectivity index (χ1) is 10.2. The first-order valence-corrected chi connectivity index (χ1v) is 7.57. The Hall–Kier alpha value is -1.59. The maximum Gasteiger partial charge on any atom is 0.168 e. The number of carbonyl (C=O) groups excluding carboxylic acids is 1. The monoisotopic (exact) mass is 306 g/mol. The van der Waals surface area contributed by atoms with Gasteiger partial charge in [0.1, 0.15) is 0 Å². The number of rotatable bonds is 1. The standard InChI is InChI=1S/C17H22O5/c1-16(21)7-6-13(19)17(2)9-4-5-11(22-3)15(20)14(9)10(18)8-12(16)17/h4-5,12-13,19-21H,6-8H2,1-3H3/t12-,13+,16+,17+/m0/s1. The number of ketones is 1. The molecule has 0 radical (unpaired) electrons. The molecule has 3 rings (SSSR count). The average molecular weight is 306 g/mol. The molecular formula is C17H22O5. The SMILES string of the molecule is COc1ccc2c(c1O)C(=O)C[C@@H]1[C@]2(C)[C@H](O)CC[C@@]1(C)O. The molecule has 1 fully saturated rings. The molecule has 0 amide bonds. The quantitative estimate of drug-likeness (QED) is 0.736. The lowest BCUT2D eigenvalue weighted by atomic mass is 9.52. The van der Waals surface area contributed by atoms with Gasteiger partial charge >= 0.3 is 0 Å². The van der Waals surface area contributed by atoms with Gasteiger partial charge in [0, 0.05) is 17.8 Å². The summed E-state index contributed by atoms with van der Waals surface area (Å²) in [6.07, 6.45) is 0.353. The molecule has 0 heterocycles. The molecule has 120 valence electrons. The highest BCUT2D eigenvalue weighted by molar-refractivity contribution is 6.02. The van der Waals surface area contributed by atoms with E-state index in [2.05, 4.69) is 0 Å². The van der Waals surface area contributed by atoms with Crippen LogP contribution in [0, 0.1) is 5.92 Å². The van der Waals surface area contributed by atoms with Crippen LogP contribution >= 0.6 is 0 Å². The van der Waals surface area contributed by atoms with Gasteiger partial charge in [-0.1, -0.05) is 13.0 Å². The van der Waals surface area contributed by atoms with Crippen LogP contribution in [0.4, 0.5) is 0 Å². The summed E-state index contributed by atoms with van der Waals surface area (Å²) < 4.78 is 5.08. The third-order valence-electron chi connectivity index (χ3n) is 5.70. The number of phenols is 1. The number of aromatic hydroxyl groups is 1. The van der Waals surface area contributed by atoms with Gasteiger partial charge < -0.3 is 20.1 Å². The molecule has 2 aliphatic carbocycles. The zero-order valence-electron chi connectivity index (χ0n) is 13.1. The number of aliphatic hydroxyl groups excluding tert-OH is 1. The highest BCUT2D eigenvalue weighted by atomic mass is 16.5. The van der Waals surface area contributed by atoms with Crippen molar-refractivity contribution < 1.29 is 24.9 Å². The van der Waals surface area contributed by atoms with Crippen LogP contribution in [0.5, 0.6) is 11.5 Å². The second-order valence-electron chi connectivity index (χ2n) is 6.91. The lowest BCUT2D eigenvalue weighted by molar-refractivity contribution is -0.118. The number of ether oxygens (including phenoxy) is 1. The van der Waals surface area contributed by atoms with Crippen molar-refractivity contribution in [3.8, 4) is 11.5 Å². The number of aliphatic hydroxyl groups is 2. The topological polar surface area (TPSA) is 87.0 Å². The van der Waals surface area contributed by atoms with E-state index in [0.717, 1.165) is 0 Å². The fourth-order valence-electron chi connectivity index (χ4n) is 4.34. The molecule has 0 bridgehead atoms. The Morgan fingerprint density at radius 1 is 1.32 bits per heavy atom. The number of benzene rings is 1. The minimum Gasteiger partial charge on any atom is -0.504 e. The van der Waals surface area contributed by atoms with Crippen molar-refractivity contribution in [1.82, 2.24) is 0 Å². The van der Waals surface area contributed by atoms with E-state index in [1.165, 1.54) is 7.11 Å². The molecule has 0 aromatic heterocycles. The van der Waals surface area contributed by atoms with Gasteiger partial charge in [-0.3, -0.25) is 4.79 Å². The third kappa shape index (κ3) is 1.82. The van der Waals surface area contributed by atoms with Crippen molar-refractivity contribution >= 4 is 5.78 Å². The fraction of sp³-hybridized carbons (Fsp3) is 0.588. The molecule has 1 saturated carbocycles. The average Bonchev–Trinajstić information content (AvgIpc) is 2.46. The van der Waals surface area contributed by atoms with Crippen LogP contribution < -0.4 is 4.74 Å². The summed E-state index contributed by atoms with van der Waals surface area (Å²) >= 11 is 0. The number of phenolic OH excluding ortho intramolecular Hbond substituents is 1. The van der Waals surface area contributed by atoms with E-state index in [-0.39, 0.29) is 35.2 Å². The largest absolute Gasteiger partial charge is 0.504 e. The molecule has 3 N–H and O–H groups in total. The highest BCUT2D eigenvalue weighted by Crippen LogP contribution is 2.55. The number of fused-ring (bicyclic) bond motifs is 3. The van der Waals surface area contributed by atoms with Gasteiger partial charge in [-0.05, 0) is 31.4 Å². The predicted molar refractivity (Wildman–Crippen MR) is 80.3 cm³/mol. The Kier molecular flexibility index (Phi) is 3.27. The zero-order valence-corrected chi connectivity index (χ0v) is 13.1. The van der Waals surface area contributed by atoms with Crippen molar-refractivity contribution in [2.45, 2.75) is 50.2 Å². The van der Waals surface area contributed by atoms with E-state index in [1.807, 2.05) is 6.92 Å². The van der Waals surface area contributed by atoms with Crippen LogP contribution in [-0.2, 0) is 5.41 Å². The highest BCUT2D eigenvalue weighted by Gasteiger charge is 2.58. The Morgan fingerprint density at radius 2 is 2.00 bits per heavy atom. The number of hydrogen-bond donors (Lipinski definition) is 3. The van der Waals surface area contributed by atoms with Gasteiger partial charge in [0.25, 0.3) is 0 Å². The van der Waals surface area contributed by atoms with Crippen LogP contribution in [0.3, 0.4) is 0 Å². The third-order valence-corrected chi connectivity index (χ3v) is 5.70. The van der Waals surface area contributed by atoms with Crippen LogP contribution in [0.25, 0.3) is 0 Å². The van der Waals surface area contributed by atoms with E-state index < -0.39 is 17.1 Å². The van der Waals surface area contributed by atoms with E-state index >= 15 is 0 Å². The maximum atomic E-state index is 12.6. The normalized spacial score (nSPS) is 37.4. The number of carbonyl (C=O) groups is 1. The molecule has 1 aromatic rings. The van der Waals surface area contributed by atoms with Gasteiger partial charge in [0.15, 0.2) is 17.3 Å². The predicted octanol–water partition coefficient (Wildman–Crippen LogP) is 1.77. The van der Waals surface area contributed by atoms with E-state index in [0.29, 0.717) is 18.4 Å². The lowest BCUT2D eigenvalue weighted by Crippen LogP contribution is -2.60. The summed E-state index contributed by atoms with van der Waals surface area (Å²) in [5.74, 6) is -0.534. The molecular weight excluding hydrogens is 284 g/mol. The lowest BCUT2D eigenvalue weighted by Gasteiger charge is -2.54. The summed E-state index contributed by atoms with van der Waals surface area (Å²) in [6, 6.07) is 3.33. The summed E-state index contributed by atoms with van der Waals surface area (Å²) in [6.45, 7) is 3.59. The van der Waals surface area contributed by atoms with E-state index in [9.17, 15) is 20.1 Å². The molecule has 0 spiro atoms. The molecule has 5 nitrogen and oxygen atoms in total. The first-order valence-electron chi connectivity index (χ1n) is 7.57. The zero-order chi connectivity index (χ0) is 16.3. The van der Waals surface area contributed by atoms with Crippen molar-refractivity contribution in [2.24, 2.45) is 5.92 Å². The molecule has 22 heavy (non-hydrogen) atoms. The van der Waals surface area contributed by atoms with Gasteiger partial charge in [0.2, 0.25) is 0 Å². The van der Waals surface area contributed by atoms with Crippen molar-refractivity contribution in [1.29, 1.82) is 0 Å². The van der Waals surface area contributed by atoms with Crippen molar-refractivity contribution in [3.63, 3.8) is 0 Å². The fourth-order valence-corrected chi connectivity index (χ4v) is 4.34. The van der Waals surface area contributed by atoms with Gasteiger partial charge in [-0.15, -0.1) is 0 Å². The molecule has 1 aromatic carbocycles. The van der Waals surface area contributed by atoms with Crippen molar-refractivity contribution in [2.75, 3.05) is 7.11 Å². The Morgan fingerprint density at radius 3 is 2.64 bits per heavy atom.